The summed E-state index contributed by atoms with van der Waals surface area (Å²) < 4.78 is 16.5. The Morgan fingerprint density at radius 2 is 1.71 bits per heavy atom. The van der Waals surface area contributed by atoms with E-state index in [-0.39, 0.29) is 12.1 Å². The molecular weight excluding hydrogens is 452 g/mol. The Kier molecular flexibility index (Phi) is 8.55. The van der Waals surface area contributed by atoms with Crippen LogP contribution in [0.5, 0.6) is 17.2 Å². The van der Waals surface area contributed by atoms with Crippen molar-refractivity contribution in [1.82, 2.24) is 5.32 Å². The van der Waals surface area contributed by atoms with Gasteiger partial charge in [-0.1, -0.05) is 53.6 Å². The number of rotatable bonds is 9. The van der Waals surface area contributed by atoms with E-state index in [9.17, 15) is 10.1 Å². The predicted molar refractivity (Wildman–Crippen MR) is 132 cm³/mol. The van der Waals surface area contributed by atoms with E-state index in [1.165, 1.54) is 13.2 Å². The molecule has 7 heteroatoms. The first kappa shape index (κ1) is 24.7. The van der Waals surface area contributed by atoms with Crippen LogP contribution in [0.25, 0.3) is 6.08 Å². The molecule has 0 heterocycles. The van der Waals surface area contributed by atoms with Crippen molar-refractivity contribution in [3.8, 4) is 23.3 Å². The zero-order chi connectivity index (χ0) is 24.5. The fourth-order valence-corrected chi connectivity index (χ4v) is 3.41. The molecule has 0 atom stereocenters. The number of amides is 1. The number of nitrogens with one attached hydrogen (secondary N) is 1. The summed E-state index contributed by atoms with van der Waals surface area (Å²) in [5.41, 5.74) is 3.52. The first-order valence-electron chi connectivity index (χ1n) is 10.5. The van der Waals surface area contributed by atoms with Gasteiger partial charge >= 0.3 is 0 Å². The molecule has 1 amide bonds. The molecule has 6 nitrogen and oxygen atoms in total. The van der Waals surface area contributed by atoms with Crippen LogP contribution in [0.4, 0.5) is 0 Å². The van der Waals surface area contributed by atoms with Crippen LogP contribution in [0.3, 0.4) is 0 Å². The summed E-state index contributed by atoms with van der Waals surface area (Å²) in [5, 5.41) is 12.6. The largest absolute Gasteiger partial charge is 0.497 e. The summed E-state index contributed by atoms with van der Waals surface area (Å²) in [7, 11) is 3.09. The number of benzene rings is 3. The lowest BCUT2D eigenvalue weighted by Gasteiger charge is -2.14. The van der Waals surface area contributed by atoms with Crippen LogP contribution in [0.15, 0.2) is 66.2 Å². The highest BCUT2D eigenvalue weighted by molar-refractivity contribution is 6.32. The molecule has 0 aromatic heterocycles. The zero-order valence-corrected chi connectivity index (χ0v) is 20.0. The van der Waals surface area contributed by atoms with Crippen LogP contribution in [0.1, 0.15) is 22.3 Å². The fraction of sp³-hybridized carbons (Fsp3) is 0.185. The van der Waals surface area contributed by atoms with Gasteiger partial charge in [-0.3, -0.25) is 4.79 Å². The summed E-state index contributed by atoms with van der Waals surface area (Å²) >= 11 is 6.45. The average molecular weight is 477 g/mol. The summed E-state index contributed by atoms with van der Waals surface area (Å²) in [6.45, 7) is 2.62. The van der Waals surface area contributed by atoms with E-state index in [2.05, 4.69) is 5.32 Å². The molecule has 0 aliphatic carbocycles. The Balaban J connectivity index is 1.72. The molecule has 0 saturated heterocycles. The minimum absolute atomic E-state index is 0.0556. The van der Waals surface area contributed by atoms with Crippen molar-refractivity contribution in [3.63, 3.8) is 0 Å². The summed E-state index contributed by atoms with van der Waals surface area (Å²) in [5.74, 6) is 1.03. The quantitative estimate of drug-likeness (QED) is 0.327. The Bertz CT molecular complexity index is 1210. The number of aryl methyl sites for hydroxylation is 1. The maximum Gasteiger partial charge on any atom is 0.262 e. The first-order valence-corrected chi connectivity index (χ1v) is 10.9. The molecule has 0 unspecified atom stereocenters. The van der Waals surface area contributed by atoms with E-state index in [1.807, 2.05) is 49.4 Å². The van der Waals surface area contributed by atoms with Gasteiger partial charge in [0, 0.05) is 6.54 Å². The maximum absolute atomic E-state index is 12.5. The topological polar surface area (TPSA) is 80.6 Å². The second-order valence-electron chi connectivity index (χ2n) is 7.51. The summed E-state index contributed by atoms with van der Waals surface area (Å²) in [6, 6.07) is 20.5. The van der Waals surface area contributed by atoms with Gasteiger partial charge in [-0.05, 0) is 54.0 Å². The molecule has 3 aromatic rings. The fourth-order valence-electron chi connectivity index (χ4n) is 3.14. The van der Waals surface area contributed by atoms with Gasteiger partial charge in [0.2, 0.25) is 0 Å². The van der Waals surface area contributed by atoms with Gasteiger partial charge in [-0.2, -0.15) is 5.26 Å². The van der Waals surface area contributed by atoms with Crippen molar-refractivity contribution in [2.75, 3.05) is 14.2 Å². The number of methoxy groups -OCH3 is 2. The smallest absolute Gasteiger partial charge is 0.262 e. The molecule has 0 aliphatic heterocycles. The highest BCUT2D eigenvalue weighted by atomic mass is 35.5. The molecule has 0 spiro atoms. The van der Waals surface area contributed by atoms with Crippen molar-refractivity contribution >= 4 is 23.6 Å². The van der Waals surface area contributed by atoms with Gasteiger partial charge in [0.05, 0.1) is 19.2 Å². The third-order valence-electron chi connectivity index (χ3n) is 5.04. The van der Waals surface area contributed by atoms with E-state index in [0.717, 1.165) is 22.4 Å². The number of hydrogen-bond acceptors (Lipinski definition) is 5. The molecule has 0 bridgehead atoms. The second-order valence-corrected chi connectivity index (χ2v) is 7.92. The molecule has 0 aliphatic rings. The standard InChI is InChI=1S/C27H25ClN2O4/c1-18-4-6-20(7-5-18)17-34-26-24(28)13-21(14-25(26)33-3)12-22(15-29)27(31)30-16-19-8-10-23(32-2)11-9-19/h4-14H,16-17H2,1-3H3,(H,30,31)/b22-12-. The van der Waals surface area contributed by atoms with Crippen LogP contribution in [-0.2, 0) is 17.9 Å². The van der Waals surface area contributed by atoms with Gasteiger partial charge in [-0.25, -0.2) is 0 Å². The van der Waals surface area contributed by atoms with Crippen LogP contribution >= 0.6 is 11.6 Å². The van der Waals surface area contributed by atoms with Crippen molar-refractivity contribution in [3.05, 3.63) is 93.5 Å². The number of hydrogen-bond donors (Lipinski definition) is 1. The summed E-state index contributed by atoms with van der Waals surface area (Å²) in [4.78, 5) is 12.5. The lowest BCUT2D eigenvalue weighted by Crippen LogP contribution is -2.23. The van der Waals surface area contributed by atoms with Gasteiger partial charge in [0.1, 0.15) is 24.0 Å². The first-order chi connectivity index (χ1) is 16.4. The van der Waals surface area contributed by atoms with Crippen molar-refractivity contribution in [2.24, 2.45) is 0 Å². The molecule has 0 radical (unpaired) electrons. The Labute approximate surface area is 204 Å². The van der Waals surface area contributed by atoms with Crippen molar-refractivity contribution in [1.29, 1.82) is 5.26 Å². The molecule has 34 heavy (non-hydrogen) atoms. The lowest BCUT2D eigenvalue weighted by molar-refractivity contribution is -0.117. The van der Waals surface area contributed by atoms with Gasteiger partial charge in [0.15, 0.2) is 11.5 Å². The van der Waals surface area contributed by atoms with E-state index < -0.39 is 5.91 Å². The van der Waals surface area contributed by atoms with Crippen molar-refractivity contribution in [2.45, 2.75) is 20.1 Å². The molecule has 174 valence electrons. The van der Waals surface area contributed by atoms with E-state index >= 15 is 0 Å². The van der Waals surface area contributed by atoms with E-state index in [4.69, 9.17) is 25.8 Å². The van der Waals surface area contributed by atoms with Crippen LogP contribution in [-0.4, -0.2) is 20.1 Å². The molecule has 3 rings (SSSR count). The molecule has 3 aromatic carbocycles. The second kappa shape index (κ2) is 11.8. The molecule has 0 saturated carbocycles. The molecular formula is C27H25ClN2O4. The number of carbonyl (C=O) groups excluding carboxylic acids is 1. The van der Waals surface area contributed by atoms with Crippen molar-refractivity contribution < 1.29 is 19.0 Å². The highest BCUT2D eigenvalue weighted by Crippen LogP contribution is 2.37. The number of halogens is 1. The third kappa shape index (κ3) is 6.53. The Morgan fingerprint density at radius 1 is 1.03 bits per heavy atom. The number of ether oxygens (including phenoxy) is 3. The van der Waals surface area contributed by atoms with Crippen LogP contribution < -0.4 is 19.5 Å². The highest BCUT2D eigenvalue weighted by Gasteiger charge is 2.14. The van der Waals surface area contributed by atoms with E-state index in [0.29, 0.717) is 28.7 Å². The zero-order valence-electron chi connectivity index (χ0n) is 19.2. The molecule has 1 N–H and O–H groups in total. The minimum atomic E-state index is -0.492. The van der Waals surface area contributed by atoms with Gasteiger partial charge < -0.3 is 19.5 Å². The SMILES string of the molecule is COc1ccc(CNC(=O)/C(C#N)=C\c2cc(Cl)c(OCc3ccc(C)cc3)c(OC)c2)cc1. The Hall–Kier alpha value is -3.95. The minimum Gasteiger partial charge on any atom is -0.497 e. The maximum atomic E-state index is 12.5. The Morgan fingerprint density at radius 3 is 2.32 bits per heavy atom. The molecule has 0 fully saturated rings. The average Bonchev–Trinajstić information content (AvgIpc) is 2.86. The van der Waals surface area contributed by atoms with Gasteiger partial charge in [-0.15, -0.1) is 0 Å². The predicted octanol–water partition coefficient (Wildman–Crippen LogP) is 5.47. The normalized spacial score (nSPS) is 10.9. The number of nitrogens with zero attached hydrogens (tertiary/aromatic N) is 1. The lowest BCUT2D eigenvalue weighted by atomic mass is 10.1. The number of carbonyl (C=O) groups is 1. The van der Waals surface area contributed by atoms with E-state index in [1.54, 1.807) is 31.4 Å². The monoisotopic (exact) mass is 476 g/mol. The van der Waals surface area contributed by atoms with Crippen LogP contribution in [0, 0.1) is 18.3 Å². The number of nitriles is 1. The summed E-state index contributed by atoms with van der Waals surface area (Å²) in [6.07, 6.45) is 1.46. The van der Waals surface area contributed by atoms with Gasteiger partial charge in [0.25, 0.3) is 5.91 Å². The van der Waals surface area contributed by atoms with Crippen LogP contribution in [0.2, 0.25) is 5.02 Å². The third-order valence-corrected chi connectivity index (χ3v) is 5.32.